The van der Waals surface area contributed by atoms with Gasteiger partial charge in [0.25, 0.3) is 0 Å². The van der Waals surface area contributed by atoms with E-state index in [0.717, 1.165) is 25.7 Å². The number of carboxylic acids is 1. The number of carbonyl (C=O) groups is 2. The third-order valence-corrected chi connectivity index (χ3v) is 2.38. The molecule has 0 spiro atoms. The maximum absolute atomic E-state index is 11.2. The molecule has 0 aromatic carbocycles. The summed E-state index contributed by atoms with van der Waals surface area (Å²) in [5.74, 6) is -1.38. The summed E-state index contributed by atoms with van der Waals surface area (Å²) in [6, 6.07) is 0. The van der Waals surface area contributed by atoms with Crippen molar-refractivity contribution in [1.82, 2.24) is 0 Å². The van der Waals surface area contributed by atoms with Crippen LogP contribution in [0.2, 0.25) is 0 Å². The van der Waals surface area contributed by atoms with Gasteiger partial charge in [0.15, 0.2) is 0 Å². The fourth-order valence-electron chi connectivity index (χ4n) is 1.64. The van der Waals surface area contributed by atoms with Crippen molar-refractivity contribution in [2.24, 2.45) is 0 Å². The van der Waals surface area contributed by atoms with E-state index in [9.17, 15) is 9.59 Å². The molecule has 1 aliphatic carbocycles. The summed E-state index contributed by atoms with van der Waals surface area (Å²) in [7, 11) is 0. The number of ether oxygens (including phenoxy) is 1. The quantitative estimate of drug-likeness (QED) is 0.571. The highest BCUT2D eigenvalue weighted by Gasteiger charge is 2.16. The smallest absolute Gasteiger partial charge is 0.330 e. The number of aliphatic carboxylic acids is 1. The first-order valence-electron chi connectivity index (χ1n) is 5.27. The van der Waals surface area contributed by atoms with Crippen molar-refractivity contribution in [3.63, 3.8) is 0 Å². The van der Waals surface area contributed by atoms with Gasteiger partial charge < -0.3 is 9.84 Å². The Kier molecular flexibility index (Phi) is 4.87. The highest BCUT2D eigenvalue weighted by Crippen LogP contribution is 2.20. The number of carbonyl (C=O) groups excluding carboxylic acids is 1. The molecule has 0 aromatic heterocycles. The maximum atomic E-state index is 11.2. The van der Waals surface area contributed by atoms with Gasteiger partial charge in [-0.05, 0) is 25.7 Å². The lowest BCUT2D eigenvalue weighted by Gasteiger charge is -2.20. The van der Waals surface area contributed by atoms with Crippen LogP contribution < -0.4 is 0 Å². The molecule has 4 heteroatoms. The van der Waals surface area contributed by atoms with Crippen LogP contribution in [0.25, 0.3) is 0 Å². The van der Waals surface area contributed by atoms with Crippen LogP contribution in [0, 0.1) is 0 Å². The molecule has 15 heavy (non-hydrogen) atoms. The number of rotatable bonds is 4. The molecular weight excluding hydrogens is 196 g/mol. The summed E-state index contributed by atoms with van der Waals surface area (Å²) in [5, 5.41) is 8.34. The van der Waals surface area contributed by atoms with E-state index in [1.54, 1.807) is 0 Å². The molecule has 0 amide bonds. The van der Waals surface area contributed by atoms with E-state index in [-0.39, 0.29) is 12.5 Å². The second-order valence-electron chi connectivity index (χ2n) is 3.70. The lowest BCUT2D eigenvalue weighted by molar-refractivity contribution is -0.144. The average Bonchev–Trinajstić information content (AvgIpc) is 2.18. The Morgan fingerprint density at radius 3 is 2.53 bits per heavy atom. The largest absolute Gasteiger partial charge is 0.481 e. The molecule has 0 saturated heterocycles. The van der Waals surface area contributed by atoms with Crippen LogP contribution in [-0.4, -0.2) is 23.1 Å². The van der Waals surface area contributed by atoms with Crippen molar-refractivity contribution in [3.05, 3.63) is 12.2 Å². The molecule has 1 saturated carbocycles. The van der Waals surface area contributed by atoms with Crippen LogP contribution in [0.3, 0.4) is 0 Å². The molecule has 0 aromatic rings. The maximum Gasteiger partial charge on any atom is 0.330 e. The van der Waals surface area contributed by atoms with E-state index >= 15 is 0 Å². The van der Waals surface area contributed by atoms with Gasteiger partial charge in [-0.15, -0.1) is 0 Å². The van der Waals surface area contributed by atoms with Crippen LogP contribution in [0.5, 0.6) is 0 Å². The molecule has 1 aliphatic rings. The molecule has 0 heterocycles. The van der Waals surface area contributed by atoms with Crippen molar-refractivity contribution >= 4 is 11.9 Å². The van der Waals surface area contributed by atoms with Gasteiger partial charge in [-0.2, -0.15) is 0 Å². The minimum absolute atomic E-state index is 0.0285. The zero-order valence-electron chi connectivity index (χ0n) is 8.65. The summed E-state index contributed by atoms with van der Waals surface area (Å²) < 4.78 is 5.15. The molecule has 0 unspecified atom stereocenters. The first-order chi connectivity index (χ1) is 7.18. The first kappa shape index (κ1) is 11.8. The van der Waals surface area contributed by atoms with Gasteiger partial charge in [0.1, 0.15) is 6.10 Å². The zero-order valence-corrected chi connectivity index (χ0v) is 8.65. The molecular formula is C11H16O4. The van der Waals surface area contributed by atoms with E-state index < -0.39 is 11.9 Å². The van der Waals surface area contributed by atoms with Gasteiger partial charge in [0.2, 0.25) is 0 Å². The van der Waals surface area contributed by atoms with Crippen LogP contribution >= 0.6 is 0 Å². The second kappa shape index (κ2) is 6.22. The fraction of sp³-hybridized carbons (Fsp3) is 0.636. The van der Waals surface area contributed by atoms with Gasteiger partial charge in [-0.25, -0.2) is 4.79 Å². The summed E-state index contributed by atoms with van der Waals surface area (Å²) in [4.78, 5) is 21.4. The van der Waals surface area contributed by atoms with Crippen molar-refractivity contribution < 1.29 is 19.4 Å². The van der Waals surface area contributed by atoms with Gasteiger partial charge in [0.05, 0.1) is 6.42 Å². The van der Waals surface area contributed by atoms with Crippen molar-refractivity contribution in [3.8, 4) is 0 Å². The third-order valence-electron chi connectivity index (χ3n) is 2.38. The third kappa shape index (κ3) is 5.20. The van der Waals surface area contributed by atoms with E-state index in [0.29, 0.717) is 0 Å². The van der Waals surface area contributed by atoms with E-state index in [2.05, 4.69) is 0 Å². The summed E-state index contributed by atoms with van der Waals surface area (Å²) in [6.45, 7) is 0. The van der Waals surface area contributed by atoms with Crippen LogP contribution in [0.15, 0.2) is 12.2 Å². The molecule has 0 aliphatic heterocycles. The van der Waals surface area contributed by atoms with Crippen LogP contribution in [0.1, 0.15) is 38.5 Å². The SMILES string of the molecule is O=C(O)CC=CC(=O)OC1CCCCC1. The number of esters is 1. The monoisotopic (exact) mass is 212 g/mol. The number of carboxylic acid groups (broad SMARTS) is 1. The zero-order chi connectivity index (χ0) is 11.1. The Labute approximate surface area is 88.9 Å². The van der Waals surface area contributed by atoms with E-state index in [1.807, 2.05) is 0 Å². The second-order valence-corrected chi connectivity index (χ2v) is 3.70. The molecule has 0 atom stereocenters. The first-order valence-corrected chi connectivity index (χ1v) is 5.27. The standard InChI is InChI=1S/C11H16O4/c12-10(13)7-4-8-11(14)15-9-5-2-1-3-6-9/h4,8-9H,1-3,5-7H2,(H,12,13). The summed E-state index contributed by atoms with van der Waals surface area (Å²) in [6.07, 6.45) is 7.68. The minimum Gasteiger partial charge on any atom is -0.481 e. The van der Waals surface area contributed by atoms with Gasteiger partial charge in [-0.1, -0.05) is 12.5 Å². The normalized spacial score (nSPS) is 17.9. The molecule has 1 rings (SSSR count). The van der Waals surface area contributed by atoms with Crippen LogP contribution in [0.4, 0.5) is 0 Å². The van der Waals surface area contributed by atoms with Gasteiger partial charge in [-0.3, -0.25) is 4.79 Å². The molecule has 1 fully saturated rings. The Morgan fingerprint density at radius 2 is 1.93 bits per heavy atom. The van der Waals surface area contributed by atoms with E-state index in [1.165, 1.54) is 18.6 Å². The average molecular weight is 212 g/mol. The summed E-state index contributed by atoms with van der Waals surface area (Å²) in [5.41, 5.74) is 0. The van der Waals surface area contributed by atoms with Crippen molar-refractivity contribution in [2.75, 3.05) is 0 Å². The predicted octanol–water partition coefficient (Wildman–Crippen LogP) is 1.89. The van der Waals surface area contributed by atoms with Gasteiger partial charge in [0, 0.05) is 6.08 Å². The van der Waals surface area contributed by atoms with E-state index in [4.69, 9.17) is 9.84 Å². The number of hydrogen-bond acceptors (Lipinski definition) is 3. The highest BCUT2D eigenvalue weighted by molar-refractivity contribution is 5.83. The predicted molar refractivity (Wildman–Crippen MR) is 54.4 cm³/mol. The number of hydrogen-bond donors (Lipinski definition) is 1. The Balaban J connectivity index is 2.22. The Bertz CT molecular complexity index is 251. The van der Waals surface area contributed by atoms with Crippen molar-refractivity contribution in [2.45, 2.75) is 44.6 Å². The summed E-state index contributed by atoms with van der Waals surface area (Å²) >= 11 is 0. The molecule has 84 valence electrons. The highest BCUT2D eigenvalue weighted by atomic mass is 16.5. The van der Waals surface area contributed by atoms with Crippen LogP contribution in [-0.2, 0) is 14.3 Å². The Morgan fingerprint density at radius 1 is 1.27 bits per heavy atom. The molecule has 0 bridgehead atoms. The fourth-order valence-corrected chi connectivity index (χ4v) is 1.64. The molecule has 4 nitrogen and oxygen atoms in total. The lowest BCUT2D eigenvalue weighted by atomic mass is 9.98. The topological polar surface area (TPSA) is 63.6 Å². The molecule has 0 radical (unpaired) electrons. The van der Waals surface area contributed by atoms with Crippen molar-refractivity contribution in [1.29, 1.82) is 0 Å². The molecule has 1 N–H and O–H groups in total. The lowest BCUT2D eigenvalue weighted by Crippen LogP contribution is -2.19. The minimum atomic E-state index is -0.947. The van der Waals surface area contributed by atoms with Gasteiger partial charge >= 0.3 is 11.9 Å². The Hall–Kier alpha value is -1.32.